The molecule has 3 heterocycles. The number of imidazole rings is 1. The number of aromatic nitrogens is 4. The number of nitrogens with zero attached hydrogens (tertiary/aromatic N) is 4. The summed E-state index contributed by atoms with van der Waals surface area (Å²) in [6.45, 7) is 0.0834. The maximum absolute atomic E-state index is 11.2. The highest BCUT2D eigenvalue weighted by molar-refractivity contribution is 7.99. The quantitative estimate of drug-likeness (QED) is 0.345. The third-order valence-electron chi connectivity index (χ3n) is 5.68. The number of carboxylic acid groups (broad SMARTS) is 1. The van der Waals surface area contributed by atoms with Gasteiger partial charge in [-0.1, -0.05) is 12.8 Å². The molecule has 4 rings (SSSR count). The van der Waals surface area contributed by atoms with Crippen molar-refractivity contribution in [3.05, 3.63) is 11.6 Å². The Morgan fingerprint density at radius 3 is 2.97 bits per heavy atom. The van der Waals surface area contributed by atoms with Crippen LogP contribution in [0.1, 0.15) is 38.3 Å². The van der Waals surface area contributed by atoms with Crippen LogP contribution in [0.25, 0.3) is 11.2 Å². The van der Waals surface area contributed by atoms with E-state index in [1.54, 1.807) is 17.2 Å². The number of carbonyl (C=O) groups is 1. The Morgan fingerprint density at radius 1 is 1.52 bits per heavy atom. The largest absolute Gasteiger partial charge is 0.479 e. The summed E-state index contributed by atoms with van der Waals surface area (Å²) >= 11 is 7.31. The van der Waals surface area contributed by atoms with Gasteiger partial charge in [0.15, 0.2) is 22.4 Å². The summed E-state index contributed by atoms with van der Waals surface area (Å²) in [6.07, 6.45) is 13.3. The van der Waals surface area contributed by atoms with Gasteiger partial charge in [0, 0.05) is 12.5 Å². The lowest BCUT2D eigenvalue weighted by Crippen LogP contribution is -2.28. The summed E-state index contributed by atoms with van der Waals surface area (Å²) in [5.74, 6) is 2.09. The molecule has 1 aliphatic carbocycles. The topological polar surface area (TPSA) is 111 Å². The molecule has 31 heavy (non-hydrogen) atoms. The number of halogens is 1. The fourth-order valence-corrected chi connectivity index (χ4v) is 4.70. The van der Waals surface area contributed by atoms with Crippen LogP contribution in [0.4, 0.5) is 5.82 Å². The van der Waals surface area contributed by atoms with Crippen molar-refractivity contribution in [2.75, 3.05) is 18.2 Å². The highest BCUT2D eigenvalue weighted by atomic mass is 35.5. The number of anilines is 1. The molecule has 2 fully saturated rings. The third kappa shape index (κ3) is 4.75. The first-order valence-corrected chi connectivity index (χ1v) is 11.8. The summed E-state index contributed by atoms with van der Waals surface area (Å²) < 4.78 is 13.4. The summed E-state index contributed by atoms with van der Waals surface area (Å²) in [6, 6.07) is 0.355. The molecule has 2 aliphatic rings. The van der Waals surface area contributed by atoms with E-state index < -0.39 is 23.7 Å². The van der Waals surface area contributed by atoms with Gasteiger partial charge < -0.3 is 19.9 Å². The molecule has 0 amide bonds. The number of thioether (sulfide) groups is 1. The van der Waals surface area contributed by atoms with Gasteiger partial charge in [0.25, 0.3) is 0 Å². The third-order valence-corrected chi connectivity index (χ3v) is 6.61. The Bertz CT molecular complexity index is 990. The number of rotatable bonds is 8. The maximum atomic E-state index is 11.2. The highest BCUT2D eigenvalue weighted by Gasteiger charge is 2.37. The smallest absolute Gasteiger partial charge is 0.343 e. The van der Waals surface area contributed by atoms with E-state index in [9.17, 15) is 9.90 Å². The molecule has 1 aliphatic heterocycles. The van der Waals surface area contributed by atoms with E-state index in [-0.39, 0.29) is 17.8 Å². The number of terminal acetylenes is 1. The first-order valence-electron chi connectivity index (χ1n) is 10.2. The van der Waals surface area contributed by atoms with Crippen LogP contribution in [0.15, 0.2) is 6.33 Å². The van der Waals surface area contributed by atoms with Gasteiger partial charge in [-0.05, 0) is 30.7 Å². The Hall–Kier alpha value is -2.06. The maximum Gasteiger partial charge on any atom is 0.343 e. The lowest BCUT2D eigenvalue weighted by molar-refractivity contribution is -0.146. The predicted molar refractivity (Wildman–Crippen MR) is 118 cm³/mol. The number of nitrogens with one attached hydrogen (secondary N) is 1. The lowest BCUT2D eigenvalue weighted by Gasteiger charge is -2.18. The molecule has 2 aromatic rings. The van der Waals surface area contributed by atoms with Crippen molar-refractivity contribution in [3.8, 4) is 12.3 Å². The molecule has 11 heteroatoms. The summed E-state index contributed by atoms with van der Waals surface area (Å²) in [7, 11) is 0. The number of fused-ring (bicyclic) bond motifs is 1. The van der Waals surface area contributed by atoms with E-state index in [2.05, 4.69) is 26.2 Å². The predicted octanol–water partition coefficient (Wildman–Crippen LogP) is 3.16. The second-order valence-electron chi connectivity index (χ2n) is 7.67. The average molecular weight is 466 g/mol. The second kappa shape index (κ2) is 9.61. The zero-order chi connectivity index (χ0) is 22.0. The van der Waals surface area contributed by atoms with Crippen LogP contribution < -0.4 is 5.32 Å². The fourth-order valence-electron chi connectivity index (χ4n) is 4.12. The van der Waals surface area contributed by atoms with E-state index in [4.69, 9.17) is 27.5 Å². The molecular formula is C20H24ClN5O4S. The molecule has 4 unspecified atom stereocenters. The van der Waals surface area contributed by atoms with Crippen molar-refractivity contribution in [2.45, 2.75) is 55.9 Å². The van der Waals surface area contributed by atoms with E-state index >= 15 is 0 Å². The molecular weight excluding hydrogens is 442 g/mol. The summed E-state index contributed by atoms with van der Waals surface area (Å²) in [5.41, 5.74) is 0.228. The summed E-state index contributed by atoms with van der Waals surface area (Å²) in [5, 5.41) is 12.7. The van der Waals surface area contributed by atoms with Crippen LogP contribution in [-0.2, 0) is 14.3 Å². The monoisotopic (exact) mass is 465 g/mol. The number of carboxylic acids is 1. The standard InChI is InChI=1S/C20H24ClN5O4S/c1-3-11-8-14(30-13(11)9-29-19(31-2)18(27)28)26-10-22-15-16(23-12-6-4-5-7-12)24-20(21)25-17(15)26/h1,10-14,19H,4-9H2,2H3,(H,27,28)(H,23,24,25). The van der Waals surface area contributed by atoms with Crippen molar-refractivity contribution in [2.24, 2.45) is 5.92 Å². The molecule has 0 bridgehead atoms. The van der Waals surface area contributed by atoms with Crippen LogP contribution in [0.2, 0.25) is 5.28 Å². The molecule has 0 spiro atoms. The van der Waals surface area contributed by atoms with Crippen molar-refractivity contribution >= 4 is 46.3 Å². The van der Waals surface area contributed by atoms with Gasteiger partial charge in [0.2, 0.25) is 5.28 Å². The van der Waals surface area contributed by atoms with Crippen LogP contribution >= 0.6 is 23.4 Å². The van der Waals surface area contributed by atoms with Crippen LogP contribution in [0.5, 0.6) is 0 Å². The molecule has 9 nitrogen and oxygen atoms in total. The molecule has 0 radical (unpaired) electrons. The van der Waals surface area contributed by atoms with Gasteiger partial charge in [-0.15, -0.1) is 24.1 Å². The van der Waals surface area contributed by atoms with Crippen LogP contribution in [-0.4, -0.2) is 61.0 Å². The minimum absolute atomic E-state index is 0.0834. The van der Waals surface area contributed by atoms with Gasteiger partial charge in [-0.2, -0.15) is 9.97 Å². The number of aliphatic carboxylic acids is 1. The average Bonchev–Trinajstić information content (AvgIpc) is 3.47. The first kappa shape index (κ1) is 22.1. The van der Waals surface area contributed by atoms with Gasteiger partial charge in [0.1, 0.15) is 6.23 Å². The van der Waals surface area contributed by atoms with Crippen molar-refractivity contribution in [3.63, 3.8) is 0 Å². The molecule has 0 aromatic carbocycles. The Labute approximate surface area is 189 Å². The van der Waals surface area contributed by atoms with Gasteiger partial charge in [-0.3, -0.25) is 4.57 Å². The Kier molecular flexibility index (Phi) is 6.86. The molecule has 4 atom stereocenters. The molecule has 2 N–H and O–H groups in total. The number of hydrogen-bond acceptors (Lipinski definition) is 8. The van der Waals surface area contributed by atoms with Crippen LogP contribution in [0, 0.1) is 18.3 Å². The normalized spacial score (nSPS) is 25.0. The van der Waals surface area contributed by atoms with Crippen molar-refractivity contribution in [1.82, 2.24) is 19.5 Å². The van der Waals surface area contributed by atoms with Crippen molar-refractivity contribution in [1.29, 1.82) is 0 Å². The van der Waals surface area contributed by atoms with Gasteiger partial charge in [-0.25, -0.2) is 9.78 Å². The Morgan fingerprint density at radius 2 is 2.29 bits per heavy atom. The SMILES string of the molecule is C#CC1CC(n2cnc3c(NC4CCCC4)nc(Cl)nc32)OC1COC(SC)C(=O)O. The summed E-state index contributed by atoms with van der Waals surface area (Å²) in [4.78, 5) is 24.4. The molecule has 2 aromatic heterocycles. The number of ether oxygens (including phenoxy) is 2. The number of hydrogen-bond donors (Lipinski definition) is 2. The van der Waals surface area contributed by atoms with E-state index in [1.165, 1.54) is 12.8 Å². The second-order valence-corrected chi connectivity index (χ2v) is 8.91. The van der Waals surface area contributed by atoms with Gasteiger partial charge in [0.05, 0.1) is 25.0 Å². The lowest BCUT2D eigenvalue weighted by atomic mass is 10.0. The Balaban J connectivity index is 1.54. The van der Waals surface area contributed by atoms with Crippen LogP contribution in [0.3, 0.4) is 0 Å². The van der Waals surface area contributed by atoms with E-state index in [0.29, 0.717) is 29.4 Å². The molecule has 1 saturated heterocycles. The highest BCUT2D eigenvalue weighted by Crippen LogP contribution is 2.36. The first-order chi connectivity index (χ1) is 15.0. The molecule has 1 saturated carbocycles. The minimum Gasteiger partial charge on any atom is -0.479 e. The molecule has 166 valence electrons. The minimum atomic E-state index is -1.03. The fraction of sp³-hybridized carbons (Fsp3) is 0.600. The zero-order valence-electron chi connectivity index (χ0n) is 17.0. The van der Waals surface area contributed by atoms with E-state index in [1.807, 2.05) is 0 Å². The van der Waals surface area contributed by atoms with E-state index in [0.717, 1.165) is 24.6 Å². The zero-order valence-corrected chi connectivity index (χ0v) is 18.6. The van der Waals surface area contributed by atoms with Gasteiger partial charge >= 0.3 is 5.97 Å². The van der Waals surface area contributed by atoms with Crippen molar-refractivity contribution < 1.29 is 19.4 Å².